The van der Waals surface area contributed by atoms with Gasteiger partial charge < -0.3 is 24.4 Å². The molecular weight excluding hydrogens is 487 g/mol. The first-order valence-corrected chi connectivity index (χ1v) is 13.1. The zero-order valence-corrected chi connectivity index (χ0v) is 22.6. The molecule has 1 unspecified atom stereocenters. The first-order valence-electron chi connectivity index (χ1n) is 13.1. The molecule has 2 heterocycles. The van der Waals surface area contributed by atoms with Crippen LogP contribution in [0.5, 0.6) is 11.5 Å². The van der Waals surface area contributed by atoms with E-state index in [4.69, 9.17) is 19.3 Å². The lowest BCUT2D eigenvalue weighted by molar-refractivity contribution is -0.0394. The fourth-order valence-electron chi connectivity index (χ4n) is 4.25. The molecule has 1 N–H and O–H groups in total. The summed E-state index contributed by atoms with van der Waals surface area (Å²) < 4.78 is 33.9. The summed E-state index contributed by atoms with van der Waals surface area (Å²) in [7, 11) is 1.96. The first-order chi connectivity index (χ1) is 18.2. The summed E-state index contributed by atoms with van der Waals surface area (Å²) >= 11 is 0. The number of benzene rings is 2. The van der Waals surface area contributed by atoms with Crippen LogP contribution < -0.4 is 10.1 Å². The van der Waals surface area contributed by atoms with E-state index in [0.29, 0.717) is 43.2 Å². The maximum atomic E-state index is 15.1. The van der Waals surface area contributed by atoms with Gasteiger partial charge in [-0.1, -0.05) is 18.2 Å². The van der Waals surface area contributed by atoms with Crippen LogP contribution in [0.1, 0.15) is 51.8 Å². The molecule has 0 saturated carbocycles. The Morgan fingerprint density at radius 3 is 2.68 bits per heavy atom. The van der Waals surface area contributed by atoms with Crippen LogP contribution in [0.25, 0.3) is 11.3 Å². The van der Waals surface area contributed by atoms with Crippen molar-refractivity contribution in [2.75, 3.05) is 26.7 Å². The van der Waals surface area contributed by atoms with Crippen molar-refractivity contribution in [2.24, 2.45) is 0 Å². The molecule has 0 spiro atoms. The summed E-state index contributed by atoms with van der Waals surface area (Å²) in [4.78, 5) is 14.0. The molecule has 3 aromatic rings. The van der Waals surface area contributed by atoms with E-state index in [1.54, 1.807) is 18.2 Å². The summed E-state index contributed by atoms with van der Waals surface area (Å²) in [6.45, 7) is 7.78. The van der Waals surface area contributed by atoms with Gasteiger partial charge >= 0.3 is 6.09 Å². The third-order valence-corrected chi connectivity index (χ3v) is 6.04. The molecule has 38 heavy (non-hydrogen) atoms. The molecule has 8 nitrogen and oxygen atoms in total. The maximum Gasteiger partial charge on any atom is 0.407 e. The standard InChI is InChI=1S/C29H37FN4O4/c1-29(2,3)38-28(35)31-15-16-33(4)19-22-20-34(26-12-8-9-17-36-26)32-27(22)21-13-14-25(24(30)18-21)37-23-10-6-5-7-11-23/h5-7,10-11,13-14,18,20,26H,8-9,12,15-17,19H2,1-4H3,(H,31,35). The number of para-hydroxylation sites is 1. The SMILES string of the molecule is CN(CCNC(=O)OC(C)(C)C)Cc1cn(C2CCCCO2)nc1-c1ccc(Oc2ccccc2)c(F)c1. The predicted molar refractivity (Wildman–Crippen MR) is 144 cm³/mol. The molecule has 4 rings (SSSR count). The van der Waals surface area contributed by atoms with Gasteiger partial charge in [0.05, 0.1) is 5.69 Å². The number of hydrogen-bond donors (Lipinski definition) is 1. The van der Waals surface area contributed by atoms with Crippen molar-refractivity contribution in [1.82, 2.24) is 20.0 Å². The first kappa shape index (κ1) is 27.6. The van der Waals surface area contributed by atoms with Gasteiger partial charge in [0.1, 0.15) is 17.6 Å². The molecular formula is C29H37FN4O4. The molecule has 0 radical (unpaired) electrons. The molecule has 1 aliphatic rings. The van der Waals surface area contributed by atoms with Gasteiger partial charge in [0.2, 0.25) is 0 Å². The molecule has 0 aliphatic carbocycles. The number of amides is 1. The van der Waals surface area contributed by atoms with Crippen LogP contribution in [0, 0.1) is 5.82 Å². The van der Waals surface area contributed by atoms with E-state index in [-0.39, 0.29) is 12.0 Å². The van der Waals surface area contributed by atoms with Crippen LogP contribution in [0.3, 0.4) is 0 Å². The lowest BCUT2D eigenvalue weighted by Gasteiger charge is -2.22. The minimum atomic E-state index is -0.544. The van der Waals surface area contributed by atoms with E-state index >= 15 is 4.39 Å². The van der Waals surface area contributed by atoms with Gasteiger partial charge in [0.15, 0.2) is 11.6 Å². The number of rotatable bonds is 9. The van der Waals surface area contributed by atoms with E-state index in [1.165, 1.54) is 6.07 Å². The van der Waals surface area contributed by atoms with Crippen LogP contribution in [0.2, 0.25) is 0 Å². The van der Waals surface area contributed by atoms with Gasteiger partial charge in [0, 0.05) is 43.6 Å². The summed E-state index contributed by atoms with van der Waals surface area (Å²) in [6, 6.07) is 14.0. The number of aromatic nitrogens is 2. The van der Waals surface area contributed by atoms with Crippen LogP contribution in [-0.2, 0) is 16.0 Å². The minimum absolute atomic E-state index is 0.138. The Hall–Kier alpha value is -3.43. The second-order valence-corrected chi connectivity index (χ2v) is 10.5. The van der Waals surface area contributed by atoms with Crippen LogP contribution in [0.15, 0.2) is 54.7 Å². The highest BCUT2D eigenvalue weighted by molar-refractivity contribution is 5.67. The van der Waals surface area contributed by atoms with E-state index in [1.807, 2.05) is 63.0 Å². The molecule has 2 aromatic carbocycles. The topological polar surface area (TPSA) is 77.9 Å². The number of hydrogen-bond acceptors (Lipinski definition) is 6. The maximum absolute atomic E-state index is 15.1. The Labute approximate surface area is 223 Å². The summed E-state index contributed by atoms with van der Waals surface area (Å²) in [6.07, 6.45) is 4.40. The highest BCUT2D eigenvalue weighted by Crippen LogP contribution is 2.32. The number of carbonyl (C=O) groups excluding carboxylic acids is 1. The Morgan fingerprint density at radius 1 is 1.21 bits per heavy atom. The van der Waals surface area contributed by atoms with Gasteiger partial charge in [-0.15, -0.1) is 0 Å². The number of nitrogens with one attached hydrogen (secondary N) is 1. The van der Waals surface area contributed by atoms with Crippen molar-refractivity contribution in [3.05, 3.63) is 66.1 Å². The number of nitrogens with zero attached hydrogens (tertiary/aromatic N) is 3. The van der Waals surface area contributed by atoms with E-state index in [2.05, 4.69) is 10.2 Å². The Kier molecular flexibility index (Phi) is 9.01. The summed E-state index contributed by atoms with van der Waals surface area (Å²) in [5, 5.41) is 7.61. The molecule has 9 heteroatoms. The lowest BCUT2D eigenvalue weighted by Crippen LogP contribution is -2.36. The average Bonchev–Trinajstić information content (AvgIpc) is 3.29. The van der Waals surface area contributed by atoms with E-state index in [9.17, 15) is 4.79 Å². The Morgan fingerprint density at radius 2 is 2.00 bits per heavy atom. The van der Waals surface area contributed by atoms with Gasteiger partial charge in [0.25, 0.3) is 0 Å². The zero-order chi connectivity index (χ0) is 27.1. The van der Waals surface area contributed by atoms with Crippen molar-refractivity contribution in [3.63, 3.8) is 0 Å². The van der Waals surface area contributed by atoms with Crippen LogP contribution in [0.4, 0.5) is 9.18 Å². The van der Waals surface area contributed by atoms with Gasteiger partial charge in [-0.3, -0.25) is 0 Å². The van der Waals surface area contributed by atoms with Crippen molar-refractivity contribution < 1.29 is 23.4 Å². The Bertz CT molecular complexity index is 1200. The van der Waals surface area contributed by atoms with Crippen molar-refractivity contribution >= 4 is 6.09 Å². The highest BCUT2D eigenvalue weighted by atomic mass is 19.1. The van der Waals surface area contributed by atoms with E-state index in [0.717, 1.165) is 24.8 Å². The summed E-state index contributed by atoms with van der Waals surface area (Å²) in [5.41, 5.74) is 1.75. The highest BCUT2D eigenvalue weighted by Gasteiger charge is 2.22. The Balaban J connectivity index is 1.49. The van der Waals surface area contributed by atoms with Crippen LogP contribution in [-0.4, -0.2) is 53.1 Å². The van der Waals surface area contributed by atoms with Crippen molar-refractivity contribution in [1.29, 1.82) is 0 Å². The fourth-order valence-corrected chi connectivity index (χ4v) is 4.25. The van der Waals surface area contributed by atoms with Gasteiger partial charge in [-0.05, 0) is 77.4 Å². The third kappa shape index (κ3) is 7.79. The second kappa shape index (κ2) is 12.4. The molecule has 1 saturated heterocycles. The number of likely N-dealkylation sites (N-methyl/N-ethyl adjacent to an activating group) is 1. The summed E-state index contributed by atoms with van der Waals surface area (Å²) in [5.74, 6) is 0.262. The molecule has 1 atom stereocenters. The third-order valence-electron chi connectivity index (χ3n) is 6.04. The minimum Gasteiger partial charge on any atom is -0.454 e. The molecule has 1 aliphatic heterocycles. The van der Waals surface area contributed by atoms with Crippen LogP contribution >= 0.6 is 0 Å². The molecule has 1 amide bonds. The smallest absolute Gasteiger partial charge is 0.407 e. The molecule has 204 valence electrons. The monoisotopic (exact) mass is 524 g/mol. The molecule has 0 bridgehead atoms. The molecule has 1 aromatic heterocycles. The van der Waals surface area contributed by atoms with Gasteiger partial charge in [-0.2, -0.15) is 5.10 Å². The average molecular weight is 525 g/mol. The normalized spacial score (nSPS) is 15.9. The fraction of sp³-hybridized carbons (Fsp3) is 0.448. The quantitative estimate of drug-likeness (QED) is 0.362. The second-order valence-electron chi connectivity index (χ2n) is 10.5. The van der Waals surface area contributed by atoms with Gasteiger partial charge in [-0.25, -0.2) is 13.9 Å². The molecule has 1 fully saturated rings. The predicted octanol–water partition coefficient (Wildman–Crippen LogP) is 6.14. The van der Waals surface area contributed by atoms with E-state index < -0.39 is 17.5 Å². The number of halogens is 1. The number of alkyl carbamates (subject to hydrolysis) is 1. The number of carbonyl (C=O) groups is 1. The lowest BCUT2D eigenvalue weighted by atomic mass is 10.1. The van der Waals surface area contributed by atoms with Crippen molar-refractivity contribution in [2.45, 2.75) is 58.4 Å². The van der Waals surface area contributed by atoms with Crippen molar-refractivity contribution in [3.8, 4) is 22.8 Å². The number of ether oxygens (including phenoxy) is 3. The largest absolute Gasteiger partial charge is 0.454 e. The zero-order valence-electron chi connectivity index (χ0n) is 22.6.